The van der Waals surface area contributed by atoms with Crippen molar-refractivity contribution in [3.05, 3.63) is 0 Å². The number of hydrogen-bond donors (Lipinski definition) is 0. The zero-order chi connectivity index (χ0) is 13.3. The van der Waals surface area contributed by atoms with Gasteiger partial charge in [-0.3, -0.25) is 9.59 Å². The summed E-state index contributed by atoms with van der Waals surface area (Å²) < 4.78 is 4.97. The van der Waals surface area contributed by atoms with Gasteiger partial charge in [0.2, 0.25) is 0 Å². The average Bonchev–Trinajstić information content (AvgIpc) is 2.20. The summed E-state index contributed by atoms with van der Waals surface area (Å²) >= 11 is 0. The summed E-state index contributed by atoms with van der Waals surface area (Å²) in [5.74, 6) is 0.608. The molecule has 0 amide bonds. The molecule has 100 valence electrons. The van der Waals surface area contributed by atoms with Crippen molar-refractivity contribution in [2.45, 2.75) is 72.3 Å². The van der Waals surface area contributed by atoms with Crippen LogP contribution in [0.2, 0.25) is 0 Å². The average molecular weight is 242 g/mol. The number of hydrogen-bond acceptors (Lipinski definition) is 3. The largest absolute Gasteiger partial charge is 0.463 e. The van der Waals surface area contributed by atoms with Gasteiger partial charge in [-0.2, -0.15) is 0 Å². The first kappa shape index (κ1) is 16.1. The number of Topliss-reactive ketones (excluding diaryl/α,β-unsaturated/α-hetero) is 1. The van der Waals surface area contributed by atoms with Crippen LogP contribution in [0.3, 0.4) is 0 Å². The Bertz CT molecular complexity index is 232. The number of carbonyl (C=O) groups is 2. The second-order valence-electron chi connectivity index (χ2n) is 5.22. The molecule has 0 aliphatic heterocycles. The highest BCUT2D eigenvalue weighted by Crippen LogP contribution is 2.10. The van der Waals surface area contributed by atoms with E-state index < -0.39 is 0 Å². The first-order valence-corrected chi connectivity index (χ1v) is 6.63. The van der Waals surface area contributed by atoms with E-state index in [0.717, 1.165) is 12.8 Å². The molecule has 0 saturated carbocycles. The van der Waals surface area contributed by atoms with Crippen molar-refractivity contribution in [1.82, 2.24) is 0 Å². The predicted octanol–water partition coefficient (Wildman–Crippen LogP) is 3.50. The number of ketones is 1. The van der Waals surface area contributed by atoms with Gasteiger partial charge in [-0.15, -0.1) is 0 Å². The highest BCUT2D eigenvalue weighted by molar-refractivity contribution is 5.82. The van der Waals surface area contributed by atoms with Crippen LogP contribution in [0, 0.1) is 5.92 Å². The molecule has 0 bridgehead atoms. The van der Waals surface area contributed by atoms with E-state index >= 15 is 0 Å². The van der Waals surface area contributed by atoms with Gasteiger partial charge in [0, 0.05) is 12.8 Å². The van der Waals surface area contributed by atoms with Crippen LogP contribution in [-0.4, -0.2) is 17.9 Å². The van der Waals surface area contributed by atoms with E-state index in [1.807, 2.05) is 13.8 Å². The van der Waals surface area contributed by atoms with Crippen molar-refractivity contribution in [3.8, 4) is 0 Å². The molecule has 0 spiro atoms. The van der Waals surface area contributed by atoms with Crippen LogP contribution >= 0.6 is 0 Å². The maximum Gasteiger partial charge on any atom is 0.306 e. The molecule has 0 rings (SSSR count). The van der Waals surface area contributed by atoms with Crippen LogP contribution in [0.15, 0.2) is 0 Å². The van der Waals surface area contributed by atoms with Crippen LogP contribution in [-0.2, 0) is 14.3 Å². The van der Waals surface area contributed by atoms with Crippen LogP contribution < -0.4 is 0 Å². The van der Waals surface area contributed by atoms with Crippen LogP contribution in [0.25, 0.3) is 0 Å². The normalized spacial score (nSPS) is 10.9. The Morgan fingerprint density at radius 1 is 0.941 bits per heavy atom. The lowest BCUT2D eigenvalue weighted by atomic mass is 10.0. The minimum atomic E-state index is -0.268. The smallest absolute Gasteiger partial charge is 0.306 e. The summed E-state index contributed by atoms with van der Waals surface area (Å²) in [6, 6.07) is 0. The summed E-state index contributed by atoms with van der Waals surface area (Å²) in [5, 5.41) is 0. The Morgan fingerprint density at radius 2 is 1.59 bits per heavy atom. The lowest BCUT2D eigenvalue weighted by Gasteiger charge is -2.07. The minimum absolute atomic E-state index is 0.0938. The summed E-state index contributed by atoms with van der Waals surface area (Å²) in [7, 11) is 0. The van der Waals surface area contributed by atoms with Gasteiger partial charge in [0.25, 0.3) is 0 Å². The molecule has 0 saturated heterocycles. The van der Waals surface area contributed by atoms with Gasteiger partial charge in [0.15, 0.2) is 0 Å². The van der Waals surface area contributed by atoms with Gasteiger partial charge in [0.05, 0.1) is 12.5 Å². The van der Waals surface area contributed by atoms with Crippen LogP contribution in [0.4, 0.5) is 0 Å². The Hall–Kier alpha value is -0.860. The highest BCUT2D eigenvalue weighted by atomic mass is 16.5. The van der Waals surface area contributed by atoms with Crippen molar-refractivity contribution in [3.63, 3.8) is 0 Å². The van der Waals surface area contributed by atoms with Crippen molar-refractivity contribution >= 4 is 11.8 Å². The molecular weight excluding hydrogens is 216 g/mol. The van der Waals surface area contributed by atoms with E-state index in [4.69, 9.17) is 4.74 Å². The molecule has 0 aromatic rings. The van der Waals surface area contributed by atoms with Crippen LogP contribution in [0.5, 0.6) is 0 Å². The van der Waals surface area contributed by atoms with Crippen LogP contribution in [0.1, 0.15) is 66.2 Å². The maximum atomic E-state index is 11.5. The predicted molar refractivity (Wildman–Crippen MR) is 68.8 cm³/mol. The molecule has 0 aliphatic carbocycles. The lowest BCUT2D eigenvalue weighted by molar-refractivity contribution is -0.148. The highest BCUT2D eigenvalue weighted by Gasteiger charge is 2.09. The minimum Gasteiger partial charge on any atom is -0.463 e. The zero-order valence-corrected chi connectivity index (χ0v) is 11.6. The quantitative estimate of drug-likeness (QED) is 0.459. The number of esters is 1. The van der Waals surface area contributed by atoms with E-state index in [-0.39, 0.29) is 24.3 Å². The number of rotatable bonds is 9. The SMILES string of the molecule is CC(C)CCCCC(=O)CCC(=O)OC(C)C. The molecule has 0 atom stereocenters. The van der Waals surface area contributed by atoms with Crippen molar-refractivity contribution in [2.24, 2.45) is 5.92 Å². The Kier molecular flexibility index (Phi) is 8.73. The fourth-order valence-corrected chi connectivity index (χ4v) is 1.56. The van der Waals surface area contributed by atoms with Crippen molar-refractivity contribution in [1.29, 1.82) is 0 Å². The number of carbonyl (C=O) groups excluding carboxylic acids is 2. The second kappa shape index (κ2) is 9.20. The molecule has 3 heteroatoms. The fourth-order valence-electron chi connectivity index (χ4n) is 1.56. The van der Waals surface area contributed by atoms with E-state index in [0.29, 0.717) is 18.8 Å². The van der Waals surface area contributed by atoms with Crippen molar-refractivity contribution in [2.75, 3.05) is 0 Å². The maximum absolute atomic E-state index is 11.5. The summed E-state index contributed by atoms with van der Waals surface area (Å²) in [6.45, 7) is 7.99. The third kappa shape index (κ3) is 11.4. The Balaban J connectivity index is 3.49. The molecule has 0 aliphatic rings. The molecule has 0 fully saturated rings. The summed E-state index contributed by atoms with van der Waals surface area (Å²) in [4.78, 5) is 22.7. The summed E-state index contributed by atoms with van der Waals surface area (Å²) in [5.41, 5.74) is 0. The molecule has 0 unspecified atom stereocenters. The molecule has 0 aromatic heterocycles. The van der Waals surface area contributed by atoms with Crippen molar-refractivity contribution < 1.29 is 14.3 Å². The van der Waals surface area contributed by atoms with Gasteiger partial charge in [-0.05, 0) is 26.2 Å². The van der Waals surface area contributed by atoms with Gasteiger partial charge < -0.3 is 4.74 Å². The molecule has 0 radical (unpaired) electrons. The third-order valence-electron chi connectivity index (χ3n) is 2.46. The molecule has 17 heavy (non-hydrogen) atoms. The molecule has 3 nitrogen and oxygen atoms in total. The van der Waals surface area contributed by atoms with E-state index in [9.17, 15) is 9.59 Å². The lowest BCUT2D eigenvalue weighted by Crippen LogP contribution is -2.12. The Morgan fingerprint density at radius 3 is 2.12 bits per heavy atom. The van der Waals surface area contributed by atoms with Gasteiger partial charge in [-0.25, -0.2) is 0 Å². The monoisotopic (exact) mass is 242 g/mol. The van der Waals surface area contributed by atoms with Gasteiger partial charge in [-0.1, -0.05) is 26.7 Å². The Labute approximate surface area is 105 Å². The number of unbranched alkanes of at least 4 members (excludes halogenated alkanes) is 1. The van der Waals surface area contributed by atoms with E-state index in [2.05, 4.69) is 13.8 Å². The summed E-state index contributed by atoms with van der Waals surface area (Å²) in [6.07, 6.45) is 4.26. The zero-order valence-electron chi connectivity index (χ0n) is 11.6. The molecule has 0 aromatic carbocycles. The second-order valence-corrected chi connectivity index (χ2v) is 5.22. The number of ether oxygens (including phenoxy) is 1. The van der Waals surface area contributed by atoms with E-state index in [1.165, 1.54) is 6.42 Å². The van der Waals surface area contributed by atoms with E-state index in [1.54, 1.807) is 0 Å². The first-order valence-electron chi connectivity index (χ1n) is 6.63. The standard InChI is InChI=1S/C14H26O3/c1-11(2)7-5-6-8-13(15)9-10-14(16)17-12(3)4/h11-12H,5-10H2,1-4H3. The topological polar surface area (TPSA) is 43.4 Å². The first-order chi connectivity index (χ1) is 7.91. The molecule has 0 N–H and O–H groups in total. The molecule has 0 heterocycles. The van der Waals surface area contributed by atoms with Gasteiger partial charge >= 0.3 is 5.97 Å². The van der Waals surface area contributed by atoms with Gasteiger partial charge in [0.1, 0.15) is 5.78 Å². The molecular formula is C14H26O3. The third-order valence-corrected chi connectivity index (χ3v) is 2.46. The fraction of sp³-hybridized carbons (Fsp3) is 0.857.